The Balaban J connectivity index is 2.32. The van der Waals surface area contributed by atoms with Crippen LogP contribution in [0.25, 0.3) is 0 Å². The van der Waals surface area contributed by atoms with Crippen molar-refractivity contribution >= 4 is 29.1 Å². The highest BCUT2D eigenvalue weighted by Crippen LogP contribution is 2.64. The first-order valence-corrected chi connectivity index (χ1v) is 45.9. The average Bonchev–Trinajstić information content (AvgIpc) is 0.657. The Morgan fingerprint density at radius 1 is 0.283 bits per heavy atom. The van der Waals surface area contributed by atoms with Crippen LogP contribution in [-0.4, -0.2) is 55.1 Å². The van der Waals surface area contributed by atoms with Crippen LogP contribution in [0.5, 0.6) is 28.7 Å². The number of carbonyl (C=O) groups excluding carboxylic acids is 5. The van der Waals surface area contributed by atoms with E-state index in [1.807, 2.05) is 0 Å². The van der Waals surface area contributed by atoms with E-state index in [9.17, 15) is 20.4 Å². The summed E-state index contributed by atoms with van der Waals surface area (Å²) in [5.41, 5.74) is -9.48. The van der Waals surface area contributed by atoms with Gasteiger partial charge in [-0.1, -0.05) is 426 Å². The smallest absolute Gasteiger partial charge is 0.307 e. The number of ketones is 4. The minimum Gasteiger partial charge on any atom is -0.508 e. The first kappa shape index (κ1) is 95.8. The predicted octanol–water partition coefficient (Wildman–Crippen LogP) is 29.0. The van der Waals surface area contributed by atoms with Gasteiger partial charge in [-0.05, 0) is 44.2 Å². The zero-order valence-corrected chi connectivity index (χ0v) is 69.5. The van der Waals surface area contributed by atoms with Gasteiger partial charge in [0.15, 0.2) is 40.0 Å². The summed E-state index contributed by atoms with van der Waals surface area (Å²) in [7, 11) is 0. The van der Waals surface area contributed by atoms with Crippen LogP contribution in [0.4, 0.5) is 0 Å². The second-order valence-corrected chi connectivity index (χ2v) is 32.9. The fraction of sp³-hybridized carbons (Fsp3) is 0.821. The number of carbonyl (C=O) groups is 5. The van der Waals surface area contributed by atoms with Crippen LogP contribution < -0.4 is 4.74 Å². The van der Waals surface area contributed by atoms with Crippen LogP contribution in [0.1, 0.15) is 495 Å². The number of aromatic hydroxyl groups is 4. The third-order valence-corrected chi connectivity index (χ3v) is 23.5. The van der Waals surface area contributed by atoms with Gasteiger partial charge in [0.25, 0.3) is 0 Å². The molecular weight excluding hydrogens is 1320 g/mol. The maximum Gasteiger partial charge on any atom is 0.307 e. The first-order chi connectivity index (χ1) is 51.8. The number of fused-ring (bicyclic) bond motifs is 1. The number of ether oxygens (including phenoxy) is 2. The number of rotatable bonds is 76. The summed E-state index contributed by atoms with van der Waals surface area (Å²) >= 11 is 0. The molecule has 0 aromatic heterocycles. The molecule has 610 valence electrons. The predicted molar refractivity (Wildman–Crippen MR) is 444 cm³/mol. The molecule has 0 saturated heterocycles. The molecule has 1 heterocycles. The van der Waals surface area contributed by atoms with Crippen LogP contribution in [0.2, 0.25) is 0 Å². The van der Waals surface area contributed by atoms with Gasteiger partial charge in [0, 0.05) is 49.8 Å². The summed E-state index contributed by atoms with van der Waals surface area (Å²) in [5.74, 6) is -6.68. The molecule has 0 amide bonds. The van der Waals surface area contributed by atoms with E-state index >= 15 is 24.0 Å². The van der Waals surface area contributed by atoms with Crippen LogP contribution in [0.15, 0.2) is 30.3 Å². The van der Waals surface area contributed by atoms with Crippen molar-refractivity contribution in [3.05, 3.63) is 41.5 Å². The normalized spacial score (nSPS) is 15.4. The van der Waals surface area contributed by atoms with E-state index in [0.717, 1.165) is 141 Å². The van der Waals surface area contributed by atoms with Crippen LogP contribution in [0, 0.1) is 0 Å². The lowest BCUT2D eigenvalue weighted by Gasteiger charge is -2.58. The lowest BCUT2D eigenvalue weighted by atomic mass is 9.49. The Labute approximate surface area is 650 Å². The minimum absolute atomic E-state index is 0.185. The van der Waals surface area contributed by atoms with Gasteiger partial charge < -0.3 is 29.9 Å². The highest BCUT2D eigenvalue weighted by Gasteiger charge is 2.82. The molecule has 0 fully saturated rings. The number of hydrogen-bond acceptors (Lipinski definition) is 11. The molecule has 0 saturated carbocycles. The van der Waals surface area contributed by atoms with E-state index in [2.05, 4.69) is 34.6 Å². The monoisotopic (exact) mass is 1480 g/mol. The topological polar surface area (TPSA) is 185 Å². The molecule has 0 radical (unpaired) electrons. The van der Waals surface area contributed by atoms with Crippen molar-refractivity contribution < 1.29 is 53.9 Å². The van der Waals surface area contributed by atoms with Crippen LogP contribution >= 0.6 is 0 Å². The number of hydrogen-bond donors (Lipinski definition) is 4. The van der Waals surface area contributed by atoms with Crippen molar-refractivity contribution in [2.75, 3.05) is 0 Å². The van der Waals surface area contributed by atoms with Gasteiger partial charge >= 0.3 is 5.97 Å². The molecule has 2 aromatic carbocycles. The Hall–Kier alpha value is -4.41. The molecule has 2 atom stereocenters. The van der Waals surface area contributed by atoms with Gasteiger partial charge in [-0.2, -0.15) is 0 Å². The number of Topliss-reactive ketones (excluding diaryl/α,β-unsaturated/α-hetero) is 4. The van der Waals surface area contributed by atoms with Crippen LogP contribution in [0.3, 0.4) is 0 Å². The summed E-state index contributed by atoms with van der Waals surface area (Å²) in [6, 6.07) is 5.98. The van der Waals surface area contributed by atoms with Gasteiger partial charge in [-0.3, -0.25) is 24.0 Å². The van der Waals surface area contributed by atoms with Crippen molar-refractivity contribution in [3.63, 3.8) is 0 Å². The number of phenolic OH excluding ortho intramolecular Hbond substituents is 4. The molecule has 0 aliphatic carbocycles. The van der Waals surface area contributed by atoms with Crippen molar-refractivity contribution in [3.8, 4) is 28.7 Å². The third-order valence-electron chi connectivity index (χ3n) is 23.5. The maximum atomic E-state index is 17.3. The highest BCUT2D eigenvalue weighted by molar-refractivity contribution is 6.23. The fourth-order valence-electron chi connectivity index (χ4n) is 17.0. The zero-order valence-electron chi connectivity index (χ0n) is 69.5. The second kappa shape index (κ2) is 62.3. The third kappa shape index (κ3) is 36.2. The maximum absolute atomic E-state index is 17.3. The Morgan fingerprint density at radius 2 is 0.538 bits per heavy atom. The minimum atomic E-state index is -3.13. The molecule has 1 aliphatic rings. The Bertz CT molecular complexity index is 2510. The summed E-state index contributed by atoms with van der Waals surface area (Å²) in [6.45, 7) is 11.2. The van der Waals surface area contributed by atoms with E-state index in [4.69, 9.17) is 9.47 Å². The summed E-state index contributed by atoms with van der Waals surface area (Å²) in [4.78, 5) is 84.3. The molecule has 0 spiro atoms. The SMILES string of the molecule is CCCCCCCCCCCCCCCC(=O)OC1(C(=O)CCCCCCCCCCCCCCC)C(C(=O)CCCCCCCCCCCCCCC)(c2ccc(O)c(O)c2)Oc2cc(O)cc(O)c2C1(C(=O)CCCCCCCCCCCCCCC)C(=O)CCCCCCCCCCCCCCC. The Morgan fingerprint density at radius 3 is 0.821 bits per heavy atom. The molecule has 11 nitrogen and oxygen atoms in total. The first-order valence-electron chi connectivity index (χ1n) is 45.9. The average molecular weight is 1480 g/mol. The van der Waals surface area contributed by atoms with E-state index in [-0.39, 0.29) is 55.4 Å². The van der Waals surface area contributed by atoms with Crippen molar-refractivity contribution in [1.82, 2.24) is 0 Å². The van der Waals surface area contributed by atoms with Gasteiger partial charge in [-0.25, -0.2) is 0 Å². The Kier molecular flexibility index (Phi) is 56.3. The molecule has 1 aliphatic heterocycles. The molecule has 2 unspecified atom stereocenters. The number of benzene rings is 2. The highest BCUT2D eigenvalue weighted by atomic mass is 16.6. The molecule has 0 bridgehead atoms. The lowest BCUT2D eigenvalue weighted by molar-refractivity contribution is -0.221. The number of unbranched alkanes of at least 4 members (excludes halogenated alkanes) is 60. The molecule has 3 rings (SSSR count). The van der Waals surface area contributed by atoms with E-state index < -0.39 is 68.7 Å². The van der Waals surface area contributed by atoms with E-state index in [1.165, 1.54) is 243 Å². The molecule has 11 heteroatoms. The van der Waals surface area contributed by atoms with Crippen molar-refractivity contribution in [1.29, 1.82) is 0 Å². The molecule has 4 N–H and O–H groups in total. The van der Waals surface area contributed by atoms with Crippen molar-refractivity contribution in [2.45, 2.75) is 501 Å². The number of esters is 1. The van der Waals surface area contributed by atoms with Gasteiger partial charge in [0.05, 0.1) is 5.56 Å². The van der Waals surface area contributed by atoms with Crippen molar-refractivity contribution in [2.24, 2.45) is 0 Å². The largest absolute Gasteiger partial charge is 0.508 e. The van der Waals surface area contributed by atoms with E-state index in [1.54, 1.807) is 0 Å². The molecule has 106 heavy (non-hydrogen) atoms. The van der Waals surface area contributed by atoms with Gasteiger partial charge in [0.1, 0.15) is 17.2 Å². The fourth-order valence-corrected chi connectivity index (χ4v) is 17.0. The second-order valence-electron chi connectivity index (χ2n) is 32.9. The summed E-state index contributed by atoms with van der Waals surface area (Å²) < 4.78 is 14.5. The summed E-state index contributed by atoms with van der Waals surface area (Å²) in [5, 5.41) is 47.6. The standard InChI is InChI=1S/C95H164O11/c1-6-11-16-21-26-31-36-41-46-51-56-61-66-71-87(100)93(88(101)72-67-62-57-52-47-42-37-32-27-22-17-12-7-2)92-85(99)79-82(96)80-86(92)105-94(81-76-77-83(97)84(98)78-81,89(102)73-68-63-58-53-48-43-38-33-28-23-18-13-8-3)95(93,90(103)74-69-64-59-54-49-44-39-34-29-24-19-14-9-4)106-91(104)75-70-65-60-55-50-45-40-35-30-25-20-15-10-5/h76-80,96-99H,6-75H2,1-5H3. The lowest BCUT2D eigenvalue weighted by Crippen LogP contribution is -2.80. The summed E-state index contributed by atoms with van der Waals surface area (Å²) in [6.07, 6.45) is 67.2. The quantitative estimate of drug-likeness (QED) is 0.0214. The zero-order chi connectivity index (χ0) is 76.9. The van der Waals surface area contributed by atoms with Gasteiger partial charge in [-0.15, -0.1) is 0 Å². The number of phenols is 4. The van der Waals surface area contributed by atoms with Crippen LogP contribution in [-0.2, 0) is 39.7 Å². The van der Waals surface area contributed by atoms with E-state index in [0.29, 0.717) is 57.8 Å². The van der Waals surface area contributed by atoms with Gasteiger partial charge in [0.2, 0.25) is 11.2 Å². The molecular formula is C95H164O11. The molecule has 2 aromatic rings.